The van der Waals surface area contributed by atoms with Gasteiger partial charge in [0.25, 0.3) is 10.0 Å². The van der Waals surface area contributed by atoms with Crippen LogP contribution in [0, 0.1) is 12.7 Å². The molecule has 0 radical (unpaired) electrons. The average Bonchev–Trinajstić information content (AvgIpc) is 2.55. The quantitative estimate of drug-likeness (QED) is 0.788. The van der Waals surface area contributed by atoms with Gasteiger partial charge in [0.2, 0.25) is 0 Å². The van der Waals surface area contributed by atoms with Crippen LogP contribution in [0.15, 0.2) is 65.7 Å². The predicted octanol–water partition coefficient (Wildman–Crippen LogP) is 3.39. The third-order valence-electron chi connectivity index (χ3n) is 3.31. The lowest BCUT2D eigenvalue weighted by atomic mass is 10.1. The summed E-state index contributed by atoms with van der Waals surface area (Å²) < 4.78 is 40.1. The van der Waals surface area contributed by atoms with Crippen LogP contribution in [0.25, 0.3) is 11.3 Å². The van der Waals surface area contributed by atoms with Crippen molar-refractivity contribution in [3.8, 4) is 11.3 Å². The lowest BCUT2D eigenvalue weighted by molar-refractivity contribution is 0.600. The van der Waals surface area contributed by atoms with Gasteiger partial charge in [-0.25, -0.2) is 17.8 Å². The van der Waals surface area contributed by atoms with E-state index in [2.05, 4.69) is 14.7 Å². The van der Waals surface area contributed by atoms with E-state index < -0.39 is 10.0 Å². The van der Waals surface area contributed by atoms with Crippen molar-refractivity contribution in [2.24, 2.45) is 0 Å². The maximum Gasteiger partial charge on any atom is 0.264 e. The number of rotatable bonds is 4. The number of hydrogen-bond donors (Lipinski definition) is 1. The first-order valence-electron chi connectivity index (χ1n) is 7.12. The first kappa shape index (κ1) is 16.1. The molecule has 24 heavy (non-hydrogen) atoms. The molecule has 0 aliphatic rings. The number of aryl methyl sites for hydroxylation is 1. The Morgan fingerprint density at radius 3 is 2.38 bits per heavy atom. The fourth-order valence-corrected chi connectivity index (χ4v) is 3.07. The third-order valence-corrected chi connectivity index (χ3v) is 4.65. The molecule has 0 bridgehead atoms. The lowest BCUT2D eigenvalue weighted by Gasteiger charge is -2.08. The van der Waals surface area contributed by atoms with Gasteiger partial charge in [0.05, 0.1) is 5.69 Å². The molecule has 3 rings (SSSR count). The zero-order valence-electron chi connectivity index (χ0n) is 12.8. The van der Waals surface area contributed by atoms with Gasteiger partial charge in [-0.1, -0.05) is 6.07 Å². The van der Waals surface area contributed by atoms with Gasteiger partial charge in [-0.15, -0.1) is 0 Å². The van der Waals surface area contributed by atoms with Crippen LogP contribution >= 0.6 is 0 Å². The summed E-state index contributed by atoms with van der Waals surface area (Å²) in [6.07, 6.45) is 1.26. The van der Waals surface area contributed by atoms with Crippen molar-refractivity contribution < 1.29 is 12.8 Å². The van der Waals surface area contributed by atoms with E-state index in [0.717, 1.165) is 0 Å². The number of sulfonamides is 1. The molecule has 1 aromatic carbocycles. The van der Waals surface area contributed by atoms with Gasteiger partial charge in [0.15, 0.2) is 0 Å². The number of nitrogens with zero attached hydrogens (tertiary/aromatic N) is 2. The number of hydrogen-bond acceptors (Lipinski definition) is 4. The molecule has 0 aliphatic carbocycles. The highest BCUT2D eigenvalue weighted by Crippen LogP contribution is 2.20. The van der Waals surface area contributed by atoms with Crippen molar-refractivity contribution in [1.82, 2.24) is 9.97 Å². The normalized spacial score (nSPS) is 11.2. The molecule has 7 heteroatoms. The Hall–Kier alpha value is -2.80. The molecule has 0 amide bonds. The zero-order valence-corrected chi connectivity index (χ0v) is 13.6. The van der Waals surface area contributed by atoms with E-state index in [9.17, 15) is 12.8 Å². The molecule has 0 fully saturated rings. The van der Waals surface area contributed by atoms with Gasteiger partial charge in [0.1, 0.15) is 16.5 Å². The Morgan fingerprint density at radius 2 is 1.75 bits per heavy atom. The van der Waals surface area contributed by atoms with E-state index in [1.54, 1.807) is 43.3 Å². The van der Waals surface area contributed by atoms with Crippen molar-refractivity contribution in [2.45, 2.75) is 11.8 Å². The van der Waals surface area contributed by atoms with Crippen LogP contribution in [0.2, 0.25) is 0 Å². The van der Waals surface area contributed by atoms with Gasteiger partial charge < -0.3 is 0 Å². The van der Waals surface area contributed by atoms with E-state index in [1.165, 1.54) is 24.4 Å². The number of pyridine rings is 2. The minimum Gasteiger partial charge on any atom is -0.263 e. The molecule has 0 atom stereocenters. The van der Waals surface area contributed by atoms with Gasteiger partial charge >= 0.3 is 0 Å². The summed E-state index contributed by atoms with van der Waals surface area (Å²) >= 11 is 0. The Kier molecular flexibility index (Phi) is 4.26. The summed E-state index contributed by atoms with van der Waals surface area (Å²) in [6.45, 7) is 1.77. The number of nitrogens with one attached hydrogen (secondary N) is 1. The fourth-order valence-electron chi connectivity index (χ4n) is 2.13. The molecule has 1 N–H and O–H groups in total. The molecular formula is C17H14FN3O2S. The molecule has 2 heterocycles. The molecule has 0 saturated heterocycles. The van der Waals surface area contributed by atoms with E-state index in [1.807, 2.05) is 0 Å². The summed E-state index contributed by atoms with van der Waals surface area (Å²) in [5.74, 6) is -0.0922. The van der Waals surface area contributed by atoms with Gasteiger partial charge in [-0.3, -0.25) is 9.71 Å². The molecule has 3 aromatic rings. The molecule has 0 unspecified atom stereocenters. The summed E-state index contributed by atoms with van der Waals surface area (Å²) in [6, 6.07) is 13.9. The van der Waals surface area contributed by atoms with E-state index in [0.29, 0.717) is 17.0 Å². The zero-order chi connectivity index (χ0) is 17.2. The van der Waals surface area contributed by atoms with Gasteiger partial charge in [-0.05, 0) is 55.5 Å². The molecule has 5 nitrogen and oxygen atoms in total. The second kappa shape index (κ2) is 6.37. The average molecular weight is 343 g/mol. The van der Waals surface area contributed by atoms with Crippen LogP contribution in [0.4, 0.5) is 10.2 Å². The molecule has 2 aromatic heterocycles. The first-order chi connectivity index (χ1) is 11.4. The number of aromatic nitrogens is 2. The highest BCUT2D eigenvalue weighted by molar-refractivity contribution is 7.92. The summed E-state index contributed by atoms with van der Waals surface area (Å²) in [5, 5.41) is 0. The standard InChI is InChI=1S/C17H14FN3O2S/c1-12-3-2-4-17(20-12)21-24(22,23)15-9-10-16(19-11-15)13-5-7-14(18)8-6-13/h2-11H,1H3,(H,20,21). The maximum atomic E-state index is 12.9. The minimum atomic E-state index is -3.77. The highest BCUT2D eigenvalue weighted by atomic mass is 32.2. The van der Waals surface area contributed by atoms with E-state index in [-0.39, 0.29) is 16.5 Å². The third kappa shape index (κ3) is 3.57. The largest absolute Gasteiger partial charge is 0.264 e. The Balaban J connectivity index is 1.85. The highest BCUT2D eigenvalue weighted by Gasteiger charge is 2.15. The predicted molar refractivity (Wildman–Crippen MR) is 89.4 cm³/mol. The van der Waals surface area contributed by atoms with Crippen LogP contribution in [-0.4, -0.2) is 18.4 Å². The molecular weight excluding hydrogens is 329 g/mol. The van der Waals surface area contributed by atoms with Crippen LogP contribution in [0.3, 0.4) is 0 Å². The van der Waals surface area contributed by atoms with Crippen molar-refractivity contribution in [3.05, 3.63) is 72.3 Å². The SMILES string of the molecule is Cc1cccc(NS(=O)(=O)c2ccc(-c3ccc(F)cc3)nc2)n1. The molecule has 0 spiro atoms. The maximum absolute atomic E-state index is 12.9. The number of anilines is 1. The summed E-state index contributed by atoms with van der Waals surface area (Å²) in [4.78, 5) is 8.28. The lowest BCUT2D eigenvalue weighted by Crippen LogP contribution is -2.14. The first-order valence-corrected chi connectivity index (χ1v) is 8.61. The van der Waals surface area contributed by atoms with Crippen molar-refractivity contribution in [1.29, 1.82) is 0 Å². The van der Waals surface area contributed by atoms with Crippen LogP contribution < -0.4 is 4.72 Å². The number of benzene rings is 1. The Labute approximate surface area is 139 Å². The van der Waals surface area contributed by atoms with Crippen molar-refractivity contribution >= 4 is 15.8 Å². The topological polar surface area (TPSA) is 72.0 Å². The second-order valence-electron chi connectivity index (χ2n) is 5.16. The summed E-state index contributed by atoms with van der Waals surface area (Å²) in [5.41, 5.74) is 1.97. The smallest absolute Gasteiger partial charge is 0.263 e. The monoisotopic (exact) mass is 343 g/mol. The molecule has 0 aliphatic heterocycles. The van der Waals surface area contributed by atoms with E-state index in [4.69, 9.17) is 0 Å². The second-order valence-corrected chi connectivity index (χ2v) is 6.84. The van der Waals surface area contributed by atoms with E-state index >= 15 is 0 Å². The summed E-state index contributed by atoms with van der Waals surface area (Å²) in [7, 11) is -3.77. The van der Waals surface area contributed by atoms with Gasteiger partial charge in [0, 0.05) is 17.5 Å². The fraction of sp³-hybridized carbons (Fsp3) is 0.0588. The molecule has 0 saturated carbocycles. The van der Waals surface area contributed by atoms with Crippen molar-refractivity contribution in [2.75, 3.05) is 4.72 Å². The molecule has 122 valence electrons. The van der Waals surface area contributed by atoms with Gasteiger partial charge in [-0.2, -0.15) is 0 Å². The van der Waals surface area contributed by atoms with Crippen molar-refractivity contribution in [3.63, 3.8) is 0 Å². The van der Waals surface area contributed by atoms with Crippen LogP contribution in [-0.2, 0) is 10.0 Å². The minimum absolute atomic E-state index is 0.0247. The Bertz CT molecular complexity index is 956. The van der Waals surface area contributed by atoms with Crippen LogP contribution in [0.5, 0.6) is 0 Å². The Morgan fingerprint density at radius 1 is 1.00 bits per heavy atom. The van der Waals surface area contributed by atoms with Crippen LogP contribution in [0.1, 0.15) is 5.69 Å². The number of halogens is 1.